The van der Waals surface area contributed by atoms with Gasteiger partial charge in [0.1, 0.15) is 6.04 Å². The first-order valence-electron chi connectivity index (χ1n) is 6.87. The highest BCUT2D eigenvalue weighted by atomic mass is 19.1. The fraction of sp³-hybridized carbons (Fsp3) is 0.438. The number of hydrogen-bond donors (Lipinski definition) is 0. The van der Waals surface area contributed by atoms with Crippen molar-refractivity contribution in [3.8, 4) is 11.4 Å². The van der Waals surface area contributed by atoms with Gasteiger partial charge in [-0.25, -0.2) is 9.13 Å². The van der Waals surface area contributed by atoms with E-state index >= 15 is 0 Å². The van der Waals surface area contributed by atoms with Gasteiger partial charge in [-0.1, -0.05) is 32.0 Å². The first-order chi connectivity index (χ1) is 9.00. The zero-order valence-electron chi connectivity index (χ0n) is 11.9. The Kier molecular flexibility index (Phi) is 2.56. The molecule has 1 aromatic carbocycles. The molecule has 0 N–H and O–H groups in total. The minimum atomic E-state index is -0.183. The summed E-state index contributed by atoms with van der Waals surface area (Å²) >= 11 is 0. The molecule has 0 fully saturated rings. The molecule has 0 amide bonds. The molecular formula is C16H20FN2+. The third-order valence-electron chi connectivity index (χ3n) is 4.99. The van der Waals surface area contributed by atoms with Crippen molar-refractivity contribution in [2.24, 2.45) is 7.05 Å². The molecule has 1 aliphatic rings. The molecule has 0 aliphatic carbocycles. The average molecular weight is 259 g/mol. The van der Waals surface area contributed by atoms with Crippen LogP contribution in [0.2, 0.25) is 0 Å². The molecule has 0 saturated carbocycles. The van der Waals surface area contributed by atoms with Gasteiger partial charge in [0.2, 0.25) is 0 Å². The van der Waals surface area contributed by atoms with Crippen LogP contribution in [-0.2, 0) is 12.5 Å². The lowest BCUT2D eigenvalue weighted by molar-refractivity contribution is -0.720. The molecule has 2 aromatic rings. The highest BCUT2D eigenvalue weighted by molar-refractivity contribution is 5.62. The van der Waals surface area contributed by atoms with Crippen molar-refractivity contribution < 1.29 is 8.96 Å². The zero-order chi connectivity index (χ0) is 13.8. The molecule has 3 rings (SSSR count). The predicted molar refractivity (Wildman–Crippen MR) is 73.4 cm³/mol. The van der Waals surface area contributed by atoms with E-state index in [0.717, 1.165) is 17.8 Å². The van der Waals surface area contributed by atoms with Gasteiger partial charge in [-0.2, -0.15) is 4.39 Å². The number of halogens is 1. The lowest BCUT2D eigenvalue weighted by atomic mass is 9.70. The van der Waals surface area contributed by atoms with E-state index in [1.54, 1.807) is 17.8 Å². The Morgan fingerprint density at radius 2 is 2.05 bits per heavy atom. The topological polar surface area (TPSA) is 8.81 Å². The van der Waals surface area contributed by atoms with E-state index in [4.69, 9.17) is 0 Å². The van der Waals surface area contributed by atoms with Crippen molar-refractivity contribution in [1.29, 1.82) is 0 Å². The smallest absolute Gasteiger partial charge is 0.223 e. The molecule has 1 aromatic heterocycles. The summed E-state index contributed by atoms with van der Waals surface area (Å²) < 4.78 is 17.7. The fourth-order valence-electron chi connectivity index (χ4n) is 3.35. The highest BCUT2D eigenvalue weighted by Gasteiger charge is 2.45. The minimum Gasteiger partial charge on any atom is -0.223 e. The van der Waals surface area contributed by atoms with E-state index in [0.29, 0.717) is 0 Å². The van der Waals surface area contributed by atoms with Crippen LogP contribution < -0.4 is 4.57 Å². The number of hydrogen-bond acceptors (Lipinski definition) is 0. The van der Waals surface area contributed by atoms with Crippen LogP contribution in [0, 0.1) is 5.95 Å². The van der Waals surface area contributed by atoms with Crippen molar-refractivity contribution in [3.05, 3.63) is 42.0 Å². The van der Waals surface area contributed by atoms with Gasteiger partial charge in [-0.05, 0) is 25.0 Å². The number of nitrogens with zero attached hydrogens (tertiary/aromatic N) is 2. The average Bonchev–Trinajstić information content (AvgIpc) is 2.72. The van der Waals surface area contributed by atoms with Gasteiger partial charge < -0.3 is 0 Å². The molecule has 2 heterocycles. The standard InChI is InChI=1S/C16H20FN2/c1-5-16(3)11(2)19-10-14(17)18(4)15(19)12-8-6-7-9-13(12)16/h6-11H,5H2,1-4H3/q+1/t11-,16?/m1/s1. The van der Waals surface area contributed by atoms with Gasteiger partial charge in [0.05, 0.1) is 12.6 Å². The molecule has 0 saturated heterocycles. The van der Waals surface area contributed by atoms with Gasteiger partial charge >= 0.3 is 5.95 Å². The Morgan fingerprint density at radius 3 is 2.74 bits per heavy atom. The van der Waals surface area contributed by atoms with Crippen molar-refractivity contribution >= 4 is 0 Å². The monoisotopic (exact) mass is 259 g/mol. The Bertz CT molecular complexity index is 644. The Hall–Kier alpha value is -1.64. The summed E-state index contributed by atoms with van der Waals surface area (Å²) in [6, 6.07) is 8.64. The van der Waals surface area contributed by atoms with Crippen molar-refractivity contribution in [3.63, 3.8) is 0 Å². The van der Waals surface area contributed by atoms with E-state index in [1.807, 2.05) is 6.07 Å². The van der Waals surface area contributed by atoms with Crippen LogP contribution in [0.5, 0.6) is 0 Å². The summed E-state index contributed by atoms with van der Waals surface area (Å²) in [4.78, 5) is 0. The number of benzene rings is 1. The van der Waals surface area contributed by atoms with Crippen LogP contribution in [0.25, 0.3) is 11.4 Å². The van der Waals surface area contributed by atoms with E-state index in [1.165, 1.54) is 5.56 Å². The van der Waals surface area contributed by atoms with Crippen LogP contribution in [0.15, 0.2) is 30.5 Å². The second-order valence-electron chi connectivity index (χ2n) is 5.73. The maximum atomic E-state index is 14.0. The summed E-state index contributed by atoms with van der Waals surface area (Å²) in [6.45, 7) is 6.66. The molecule has 2 nitrogen and oxygen atoms in total. The summed E-state index contributed by atoms with van der Waals surface area (Å²) in [5.74, 6) is 0.781. The quantitative estimate of drug-likeness (QED) is 0.694. The van der Waals surface area contributed by atoms with Gasteiger partial charge in [0, 0.05) is 5.41 Å². The Balaban J connectivity index is 2.39. The number of fused-ring (bicyclic) bond motifs is 3. The summed E-state index contributed by atoms with van der Waals surface area (Å²) in [7, 11) is 1.79. The van der Waals surface area contributed by atoms with Gasteiger partial charge in [-0.15, -0.1) is 0 Å². The molecule has 0 bridgehead atoms. The fourth-order valence-corrected chi connectivity index (χ4v) is 3.35. The number of rotatable bonds is 1. The van der Waals surface area contributed by atoms with E-state index in [9.17, 15) is 4.39 Å². The molecule has 1 unspecified atom stereocenters. The van der Waals surface area contributed by atoms with Crippen molar-refractivity contribution in [1.82, 2.24) is 4.57 Å². The first-order valence-corrected chi connectivity index (χ1v) is 6.87. The summed E-state index contributed by atoms with van der Waals surface area (Å²) in [5, 5.41) is 0. The van der Waals surface area contributed by atoms with Crippen LogP contribution in [0.3, 0.4) is 0 Å². The second kappa shape index (κ2) is 3.92. The van der Waals surface area contributed by atoms with E-state index in [2.05, 4.69) is 43.5 Å². The van der Waals surface area contributed by atoms with Crippen LogP contribution >= 0.6 is 0 Å². The van der Waals surface area contributed by atoms with Gasteiger partial charge in [0.25, 0.3) is 5.82 Å². The van der Waals surface area contributed by atoms with Crippen molar-refractivity contribution in [2.75, 3.05) is 0 Å². The molecule has 0 radical (unpaired) electrons. The van der Waals surface area contributed by atoms with Gasteiger partial charge in [0.15, 0.2) is 6.20 Å². The predicted octanol–water partition coefficient (Wildman–Crippen LogP) is 3.36. The number of aromatic nitrogens is 2. The first kappa shape index (κ1) is 12.4. The zero-order valence-corrected chi connectivity index (χ0v) is 11.9. The lowest BCUT2D eigenvalue weighted by Crippen LogP contribution is -2.52. The van der Waals surface area contributed by atoms with Crippen LogP contribution in [-0.4, -0.2) is 4.57 Å². The maximum absolute atomic E-state index is 14.0. The molecule has 2 atom stereocenters. The molecule has 0 spiro atoms. The normalized spacial score (nSPS) is 25.0. The molecule has 19 heavy (non-hydrogen) atoms. The second-order valence-corrected chi connectivity index (χ2v) is 5.73. The Labute approximate surface area is 113 Å². The minimum absolute atomic E-state index is 0.0437. The van der Waals surface area contributed by atoms with E-state index in [-0.39, 0.29) is 17.4 Å². The summed E-state index contributed by atoms with van der Waals surface area (Å²) in [6.07, 6.45) is 2.66. The molecule has 3 heteroatoms. The molecular weight excluding hydrogens is 239 g/mol. The van der Waals surface area contributed by atoms with E-state index < -0.39 is 0 Å². The highest BCUT2D eigenvalue weighted by Crippen LogP contribution is 2.44. The number of imidazole rings is 1. The third-order valence-corrected chi connectivity index (χ3v) is 4.99. The molecule has 100 valence electrons. The van der Waals surface area contributed by atoms with Gasteiger partial charge in [-0.3, -0.25) is 0 Å². The lowest BCUT2D eigenvalue weighted by Gasteiger charge is -2.38. The van der Waals surface area contributed by atoms with Crippen LogP contribution in [0.4, 0.5) is 4.39 Å². The SMILES string of the molecule is CCC1(C)c2ccccc2-c2n(C)c(F)c[n+]2[C@@H]1C. The Morgan fingerprint density at radius 1 is 1.37 bits per heavy atom. The van der Waals surface area contributed by atoms with Crippen molar-refractivity contribution in [2.45, 2.75) is 38.6 Å². The summed E-state index contributed by atoms with van der Waals surface area (Å²) in [5.41, 5.74) is 2.52. The molecule has 1 aliphatic heterocycles. The third kappa shape index (κ3) is 1.44. The maximum Gasteiger partial charge on any atom is 0.317 e. The largest absolute Gasteiger partial charge is 0.317 e. The van der Waals surface area contributed by atoms with Crippen LogP contribution in [0.1, 0.15) is 38.8 Å².